The van der Waals surface area contributed by atoms with Crippen LogP contribution in [0.2, 0.25) is 0 Å². The lowest BCUT2D eigenvalue weighted by Gasteiger charge is -2.22. The van der Waals surface area contributed by atoms with Gasteiger partial charge in [-0.15, -0.1) is 0 Å². The molecule has 26 heavy (non-hydrogen) atoms. The zero-order valence-corrected chi connectivity index (χ0v) is 14.0. The van der Waals surface area contributed by atoms with Gasteiger partial charge in [0.1, 0.15) is 18.8 Å². The number of amides is 1. The zero-order valence-electron chi connectivity index (χ0n) is 14.0. The van der Waals surface area contributed by atoms with Gasteiger partial charge >= 0.3 is 12.1 Å². The molecule has 2 aromatic carbocycles. The summed E-state index contributed by atoms with van der Waals surface area (Å²) in [5.41, 5.74) is 4.36. The van der Waals surface area contributed by atoms with Crippen molar-refractivity contribution in [3.63, 3.8) is 0 Å². The summed E-state index contributed by atoms with van der Waals surface area (Å²) < 4.78 is 19.0. The highest BCUT2D eigenvalue weighted by molar-refractivity contribution is 5.81. The van der Waals surface area contributed by atoms with Crippen molar-refractivity contribution in [3.8, 4) is 11.1 Å². The number of carbonyl (C=O) groups is 2. The second kappa shape index (κ2) is 6.44. The third-order valence-corrected chi connectivity index (χ3v) is 5.11. The smallest absolute Gasteiger partial charge is 0.410 e. The second-order valence-corrected chi connectivity index (χ2v) is 6.64. The van der Waals surface area contributed by atoms with E-state index >= 15 is 0 Å². The molecule has 2 aliphatic rings. The topological polar surface area (TPSA) is 66.8 Å². The first-order valence-corrected chi connectivity index (χ1v) is 8.54. The summed E-state index contributed by atoms with van der Waals surface area (Å²) in [5, 5.41) is 9.17. The number of carbonyl (C=O) groups excluding carboxylic acids is 1. The van der Waals surface area contributed by atoms with Gasteiger partial charge in [0, 0.05) is 12.3 Å². The van der Waals surface area contributed by atoms with Crippen molar-refractivity contribution in [2.75, 3.05) is 13.2 Å². The Bertz CT molecular complexity index is 823. The number of hydrogen-bond donors (Lipinski definition) is 1. The zero-order chi connectivity index (χ0) is 18.3. The summed E-state index contributed by atoms with van der Waals surface area (Å²) in [6.45, 7) is -0.152. The van der Waals surface area contributed by atoms with E-state index < -0.39 is 24.3 Å². The third kappa shape index (κ3) is 2.71. The van der Waals surface area contributed by atoms with Crippen LogP contribution in [0.3, 0.4) is 0 Å². The van der Waals surface area contributed by atoms with E-state index in [1.807, 2.05) is 48.5 Å². The van der Waals surface area contributed by atoms with E-state index in [2.05, 4.69) is 0 Å². The highest BCUT2D eigenvalue weighted by Gasteiger charge is 2.41. The highest BCUT2D eigenvalue weighted by Crippen LogP contribution is 2.44. The molecule has 0 bridgehead atoms. The van der Waals surface area contributed by atoms with Crippen molar-refractivity contribution >= 4 is 12.1 Å². The second-order valence-electron chi connectivity index (χ2n) is 6.64. The number of likely N-dealkylation sites (tertiary alicyclic amines) is 1. The van der Waals surface area contributed by atoms with Gasteiger partial charge in [-0.1, -0.05) is 48.5 Å². The Kier molecular flexibility index (Phi) is 4.11. The Balaban J connectivity index is 1.53. The van der Waals surface area contributed by atoms with Gasteiger partial charge in [-0.25, -0.2) is 14.0 Å². The van der Waals surface area contributed by atoms with Crippen molar-refractivity contribution in [3.05, 3.63) is 59.7 Å². The predicted molar refractivity (Wildman–Crippen MR) is 92.7 cm³/mol. The van der Waals surface area contributed by atoms with Crippen LogP contribution in [0.15, 0.2) is 48.5 Å². The van der Waals surface area contributed by atoms with E-state index in [-0.39, 0.29) is 25.5 Å². The Hall–Kier alpha value is -2.89. The largest absolute Gasteiger partial charge is 0.480 e. The quantitative estimate of drug-likeness (QED) is 0.916. The van der Waals surface area contributed by atoms with Gasteiger partial charge in [-0.05, 0) is 22.3 Å². The Labute approximate surface area is 150 Å². The predicted octanol–water partition coefficient (Wildman–Crippen LogP) is 3.43. The molecule has 1 unspecified atom stereocenters. The number of alkyl halides is 1. The van der Waals surface area contributed by atoms with Gasteiger partial charge in [0.25, 0.3) is 0 Å². The van der Waals surface area contributed by atoms with Gasteiger partial charge < -0.3 is 9.84 Å². The Morgan fingerprint density at radius 1 is 1.08 bits per heavy atom. The van der Waals surface area contributed by atoms with Crippen LogP contribution in [0.5, 0.6) is 0 Å². The van der Waals surface area contributed by atoms with Crippen molar-refractivity contribution in [1.29, 1.82) is 0 Å². The number of nitrogens with zero attached hydrogens (tertiary/aromatic N) is 1. The summed E-state index contributed by atoms with van der Waals surface area (Å²) in [5.74, 6) is -1.32. The number of fused-ring (bicyclic) bond motifs is 3. The molecule has 4 rings (SSSR count). The van der Waals surface area contributed by atoms with Gasteiger partial charge in [-0.3, -0.25) is 4.90 Å². The molecule has 0 radical (unpaired) electrons. The molecular weight excluding hydrogens is 337 g/mol. The molecule has 1 amide bonds. The van der Waals surface area contributed by atoms with Crippen LogP contribution < -0.4 is 0 Å². The van der Waals surface area contributed by atoms with Gasteiger partial charge in [0.2, 0.25) is 0 Å². The summed E-state index contributed by atoms with van der Waals surface area (Å²) in [7, 11) is 0. The summed E-state index contributed by atoms with van der Waals surface area (Å²) in [6.07, 6.45) is -2.31. The lowest BCUT2D eigenvalue weighted by Crippen LogP contribution is -2.41. The number of hydrogen-bond acceptors (Lipinski definition) is 3. The lowest BCUT2D eigenvalue weighted by molar-refractivity contribution is -0.141. The molecule has 1 saturated heterocycles. The number of aliphatic carboxylic acids is 1. The molecule has 0 saturated carbocycles. The van der Waals surface area contributed by atoms with Crippen molar-refractivity contribution in [2.24, 2.45) is 0 Å². The summed E-state index contributed by atoms with van der Waals surface area (Å²) in [6, 6.07) is 14.7. The number of ether oxygens (including phenoxy) is 1. The molecule has 1 aliphatic carbocycles. The highest BCUT2D eigenvalue weighted by atomic mass is 19.1. The van der Waals surface area contributed by atoms with E-state index in [4.69, 9.17) is 4.74 Å². The fourth-order valence-electron chi connectivity index (χ4n) is 3.90. The van der Waals surface area contributed by atoms with Crippen LogP contribution in [-0.2, 0) is 9.53 Å². The van der Waals surface area contributed by atoms with Crippen LogP contribution >= 0.6 is 0 Å². The van der Waals surface area contributed by atoms with Crippen molar-refractivity contribution < 1.29 is 23.8 Å². The standard InChI is InChI=1S/C20H18FNO4/c21-12-9-18(19(23)24)22(10-12)20(25)26-11-17-15-7-3-1-5-13(15)14-6-2-4-8-16(14)17/h1-8,12,17-18H,9-11H2,(H,23,24)/t12?,18-/m1/s1. The van der Waals surface area contributed by atoms with Crippen LogP contribution in [0, 0.1) is 0 Å². The maximum atomic E-state index is 13.6. The first-order chi connectivity index (χ1) is 12.6. The fourth-order valence-corrected chi connectivity index (χ4v) is 3.90. The van der Waals surface area contributed by atoms with Gasteiger partial charge in [0.05, 0.1) is 6.54 Å². The lowest BCUT2D eigenvalue weighted by atomic mass is 9.98. The Morgan fingerprint density at radius 2 is 1.65 bits per heavy atom. The molecule has 1 aliphatic heterocycles. The molecule has 0 spiro atoms. The molecule has 1 heterocycles. The molecular formula is C20H18FNO4. The fraction of sp³-hybridized carbons (Fsp3) is 0.300. The molecule has 6 heteroatoms. The molecule has 134 valence electrons. The first kappa shape index (κ1) is 16.6. The minimum absolute atomic E-state index is 0.0899. The van der Waals surface area contributed by atoms with Gasteiger partial charge in [-0.2, -0.15) is 0 Å². The normalized spacial score (nSPS) is 21.3. The first-order valence-electron chi connectivity index (χ1n) is 8.54. The van der Waals surface area contributed by atoms with Crippen LogP contribution in [-0.4, -0.2) is 47.4 Å². The van der Waals surface area contributed by atoms with Crippen molar-refractivity contribution in [2.45, 2.75) is 24.6 Å². The van der Waals surface area contributed by atoms with E-state index in [0.29, 0.717) is 0 Å². The minimum Gasteiger partial charge on any atom is -0.480 e. The number of rotatable bonds is 3. The number of carboxylic acid groups (broad SMARTS) is 1. The van der Waals surface area contributed by atoms with E-state index in [1.165, 1.54) is 0 Å². The Morgan fingerprint density at radius 3 is 2.23 bits per heavy atom. The molecule has 1 N–H and O–H groups in total. The number of carboxylic acids is 1. The number of halogens is 1. The van der Waals surface area contributed by atoms with Gasteiger partial charge in [0.15, 0.2) is 0 Å². The SMILES string of the molecule is O=C(O)[C@H]1CC(F)CN1C(=O)OCC1c2ccccc2-c2ccccc21. The monoisotopic (exact) mass is 355 g/mol. The van der Waals surface area contributed by atoms with E-state index in [1.54, 1.807) is 0 Å². The van der Waals surface area contributed by atoms with Crippen LogP contribution in [0.25, 0.3) is 11.1 Å². The molecule has 2 aromatic rings. The van der Waals surface area contributed by atoms with Crippen LogP contribution in [0.1, 0.15) is 23.5 Å². The molecule has 2 atom stereocenters. The number of benzene rings is 2. The molecule has 0 aromatic heterocycles. The van der Waals surface area contributed by atoms with Crippen LogP contribution in [0.4, 0.5) is 9.18 Å². The maximum Gasteiger partial charge on any atom is 0.410 e. The van der Waals surface area contributed by atoms with Crippen molar-refractivity contribution in [1.82, 2.24) is 4.90 Å². The minimum atomic E-state index is -1.34. The third-order valence-electron chi connectivity index (χ3n) is 5.11. The average Bonchev–Trinajstić information content (AvgIpc) is 3.18. The van der Waals surface area contributed by atoms with E-state index in [0.717, 1.165) is 27.2 Å². The average molecular weight is 355 g/mol. The summed E-state index contributed by atoms with van der Waals surface area (Å²) >= 11 is 0. The molecule has 5 nitrogen and oxygen atoms in total. The maximum absolute atomic E-state index is 13.6. The van der Waals surface area contributed by atoms with E-state index in [9.17, 15) is 19.1 Å². The summed E-state index contributed by atoms with van der Waals surface area (Å²) in [4.78, 5) is 24.6. The molecule has 1 fully saturated rings.